The summed E-state index contributed by atoms with van der Waals surface area (Å²) >= 11 is 0. The van der Waals surface area contributed by atoms with Crippen LogP contribution in [-0.2, 0) is 66.8 Å². The number of aryl methyl sites for hydroxylation is 4. The van der Waals surface area contributed by atoms with E-state index in [1.54, 1.807) is 18.9 Å². The van der Waals surface area contributed by atoms with Crippen molar-refractivity contribution in [2.24, 2.45) is 0 Å². The molecule has 22 heteroatoms. The maximum atomic E-state index is 12.5. The average molecular weight is 1080 g/mol. The van der Waals surface area contributed by atoms with Gasteiger partial charge in [0.05, 0.1) is 76.8 Å². The number of anilines is 1. The molecule has 1 aliphatic carbocycles. The second-order valence-corrected chi connectivity index (χ2v) is 23.7. The summed E-state index contributed by atoms with van der Waals surface area (Å²) < 4.78 is 133. The molecule has 7 rings (SSSR count). The quantitative estimate of drug-likeness (QED) is 0.0409. The Morgan fingerprint density at radius 2 is 1.35 bits per heavy atom. The normalized spacial score (nSPS) is 17.9. The van der Waals surface area contributed by atoms with E-state index in [2.05, 4.69) is 10.3 Å². The van der Waals surface area contributed by atoms with Gasteiger partial charge in [-0.15, -0.1) is 5.10 Å². The largest absolute Gasteiger partial charge is 0.744 e. The highest BCUT2D eigenvalue weighted by molar-refractivity contribution is 7.86. The Bertz CT molecular complexity index is 3260. The Hall–Kier alpha value is -5.40. The molecule has 19 nitrogen and oxygen atoms in total. The molecule has 0 amide bonds. The van der Waals surface area contributed by atoms with Crippen molar-refractivity contribution >= 4 is 47.4 Å². The Morgan fingerprint density at radius 3 is 1.97 bits per heavy atom. The number of fused-ring (bicyclic) bond motifs is 2. The minimum Gasteiger partial charge on any atom is -0.744 e. The topological polar surface area (TPSA) is 249 Å². The van der Waals surface area contributed by atoms with Crippen LogP contribution in [0.25, 0.3) is 0 Å². The fourth-order valence-corrected chi connectivity index (χ4v) is 11.2. The third-order valence-electron chi connectivity index (χ3n) is 13.4. The van der Waals surface area contributed by atoms with Gasteiger partial charge in [-0.2, -0.15) is 21.4 Å². The number of ether oxygens (including phenoxy) is 4. The summed E-state index contributed by atoms with van der Waals surface area (Å²) in [4.78, 5) is 5.61. The number of nitrogens with zero attached hydrogens (tertiary/aromatic N) is 5. The summed E-state index contributed by atoms with van der Waals surface area (Å²) in [6.45, 7) is 16.4. The minimum absolute atomic E-state index is 0.115. The van der Waals surface area contributed by atoms with Crippen LogP contribution < -0.4 is 9.80 Å². The summed E-state index contributed by atoms with van der Waals surface area (Å²) in [5, 5.41) is 9.71. The first-order chi connectivity index (χ1) is 34.8. The lowest BCUT2D eigenvalue weighted by molar-refractivity contribution is -0.402. The zero-order valence-corrected chi connectivity index (χ0v) is 45.4. The predicted molar refractivity (Wildman–Crippen MR) is 275 cm³/mol. The average Bonchev–Trinajstić information content (AvgIpc) is 3.90. The lowest BCUT2D eigenvalue weighted by Gasteiger charge is -2.27. The SMILES string of the molecule is Cc1cn(CCCCOCCOCCOCCON2/C(=C/C=C3\CCCC(/C=C/C4=[N+](C)c5c(C)cc(S(=O)(=O)[O-])cc5C4(C)C)=C3Oc3ccc(S(=O)(=O)O)cc3)C(C)(C)c3cc(S(=O)(=O)O)cc(C)c32)nn1. The van der Waals surface area contributed by atoms with E-state index in [-0.39, 0.29) is 27.9 Å². The van der Waals surface area contributed by atoms with Crippen LogP contribution in [0.2, 0.25) is 0 Å². The molecule has 2 aliphatic heterocycles. The van der Waals surface area contributed by atoms with Crippen molar-refractivity contribution in [1.82, 2.24) is 15.0 Å². The van der Waals surface area contributed by atoms with E-state index in [4.69, 9.17) is 23.8 Å². The van der Waals surface area contributed by atoms with E-state index in [1.165, 1.54) is 48.5 Å². The molecule has 0 spiro atoms. The van der Waals surface area contributed by atoms with Gasteiger partial charge in [0.25, 0.3) is 20.2 Å². The zero-order chi connectivity index (χ0) is 53.8. The highest BCUT2D eigenvalue weighted by Crippen LogP contribution is 2.51. The third kappa shape index (κ3) is 13.0. The minimum atomic E-state index is -4.72. The van der Waals surface area contributed by atoms with Crippen molar-refractivity contribution < 1.29 is 67.3 Å². The van der Waals surface area contributed by atoms with Gasteiger partial charge in [0, 0.05) is 42.0 Å². The Balaban J connectivity index is 1.13. The van der Waals surface area contributed by atoms with Gasteiger partial charge in [0.1, 0.15) is 28.7 Å². The van der Waals surface area contributed by atoms with E-state index in [0.717, 1.165) is 47.6 Å². The molecule has 0 radical (unpaired) electrons. The molecule has 74 heavy (non-hydrogen) atoms. The Morgan fingerprint density at radius 1 is 0.730 bits per heavy atom. The van der Waals surface area contributed by atoms with E-state index in [1.807, 2.05) is 81.4 Å². The smallest absolute Gasteiger partial charge is 0.294 e. The maximum absolute atomic E-state index is 12.5. The van der Waals surface area contributed by atoms with Gasteiger partial charge in [-0.05, 0) is 150 Å². The standard InChI is InChI=1S/C52H65N5O14S3/c1-35-30-42(73(61,62)63)32-44-48(35)55(8)46(51(44,4)5)20-14-38-12-11-13-39(50(38)71-40-16-18-41(19-17-40)72(58,59)60)15-21-47-52(6,7)45-33-43(74(64,65)66)31-36(2)49(45)57(47)70-29-28-69-27-26-68-25-24-67-23-10-9-22-56-34-37(3)53-54-56/h14-21,30-34H,9-13,22-29H2,1-8H3,(H2-,58,59,60,61,62,63,64,65,66). The van der Waals surface area contributed by atoms with Crippen molar-refractivity contribution in [3.63, 3.8) is 0 Å². The first-order valence-electron chi connectivity index (χ1n) is 24.2. The van der Waals surface area contributed by atoms with Gasteiger partial charge in [-0.3, -0.25) is 18.6 Å². The fraction of sp³-hybridized carbons (Fsp3) is 0.442. The third-order valence-corrected chi connectivity index (χ3v) is 15.9. The predicted octanol–water partition coefficient (Wildman–Crippen LogP) is 7.75. The monoisotopic (exact) mass is 1080 g/mol. The van der Waals surface area contributed by atoms with Gasteiger partial charge >= 0.3 is 0 Å². The van der Waals surface area contributed by atoms with Crippen LogP contribution in [0.5, 0.6) is 5.75 Å². The van der Waals surface area contributed by atoms with Crippen LogP contribution in [-0.4, -0.2) is 117 Å². The number of aromatic nitrogens is 3. The molecular formula is C52H65N5O14S3. The molecule has 0 unspecified atom stereocenters. The molecule has 0 saturated carbocycles. The van der Waals surface area contributed by atoms with Gasteiger partial charge in [-0.1, -0.05) is 25.1 Å². The Labute approximate surface area is 434 Å². The summed E-state index contributed by atoms with van der Waals surface area (Å²) in [6, 6.07) is 11.1. The summed E-state index contributed by atoms with van der Waals surface area (Å²) in [5.74, 6) is 0.782. The lowest BCUT2D eigenvalue weighted by Crippen LogP contribution is -2.28. The van der Waals surface area contributed by atoms with Crippen LogP contribution in [0.1, 0.15) is 87.7 Å². The number of allylic oxidation sites excluding steroid dienone is 7. The summed E-state index contributed by atoms with van der Waals surface area (Å²) in [7, 11) is -11.9. The van der Waals surface area contributed by atoms with Crippen LogP contribution in [0.4, 0.5) is 11.4 Å². The second-order valence-electron chi connectivity index (χ2n) is 19.5. The molecule has 1 aromatic heterocycles. The van der Waals surface area contributed by atoms with Gasteiger partial charge < -0.3 is 23.5 Å². The van der Waals surface area contributed by atoms with Gasteiger partial charge in [-0.25, -0.2) is 13.5 Å². The molecular weight excluding hydrogens is 1010 g/mol. The van der Waals surface area contributed by atoms with E-state index in [9.17, 15) is 38.9 Å². The summed E-state index contributed by atoms with van der Waals surface area (Å²) in [6.07, 6.45) is 13.3. The van der Waals surface area contributed by atoms with Crippen molar-refractivity contribution in [2.45, 2.75) is 113 Å². The number of unbranched alkanes of at least 4 members (excludes halogenated alkanes) is 1. The molecule has 2 N–H and O–H groups in total. The van der Waals surface area contributed by atoms with E-state index >= 15 is 0 Å². The number of hydrogen-bond acceptors (Lipinski definition) is 15. The lowest BCUT2D eigenvalue weighted by atomic mass is 9.80. The van der Waals surface area contributed by atoms with Crippen LogP contribution >= 0.6 is 0 Å². The van der Waals surface area contributed by atoms with Crippen molar-refractivity contribution in [3.8, 4) is 5.75 Å². The molecule has 3 heterocycles. The first-order valence-corrected chi connectivity index (χ1v) is 28.5. The molecule has 3 aliphatic rings. The molecule has 0 bridgehead atoms. The fourth-order valence-electron chi connectivity index (χ4n) is 9.59. The van der Waals surface area contributed by atoms with Crippen molar-refractivity contribution in [2.75, 3.05) is 58.4 Å². The van der Waals surface area contributed by atoms with Gasteiger partial charge in [0.2, 0.25) is 5.69 Å². The molecule has 4 aromatic rings. The maximum Gasteiger partial charge on any atom is 0.294 e. The molecule has 0 atom stereocenters. The Kier molecular flexibility index (Phi) is 17.4. The van der Waals surface area contributed by atoms with Gasteiger partial charge in [0.15, 0.2) is 5.71 Å². The van der Waals surface area contributed by atoms with Crippen molar-refractivity contribution in [1.29, 1.82) is 0 Å². The second kappa shape index (κ2) is 22.8. The number of rotatable bonds is 23. The molecule has 0 fully saturated rings. The van der Waals surface area contributed by atoms with Crippen molar-refractivity contribution in [3.05, 3.63) is 130 Å². The zero-order valence-electron chi connectivity index (χ0n) is 43.0. The molecule has 0 saturated heterocycles. The first kappa shape index (κ1) is 56.3. The highest BCUT2D eigenvalue weighted by Gasteiger charge is 2.45. The number of hydroxylamine groups is 1. The number of hydrogen-bond donors (Lipinski definition) is 2. The van der Waals surface area contributed by atoms with Crippen LogP contribution in [0.15, 0.2) is 116 Å². The van der Waals surface area contributed by atoms with Crippen LogP contribution in [0.3, 0.4) is 0 Å². The van der Waals surface area contributed by atoms with Crippen LogP contribution in [0, 0.1) is 20.8 Å². The number of benzene rings is 3. The molecule has 400 valence electrons. The highest BCUT2D eigenvalue weighted by atomic mass is 32.2. The summed E-state index contributed by atoms with van der Waals surface area (Å²) in [5.41, 5.74) is 6.21. The van der Waals surface area contributed by atoms with E-state index in [0.29, 0.717) is 97.4 Å². The molecule has 3 aromatic carbocycles. The van der Waals surface area contributed by atoms with E-state index < -0.39 is 41.2 Å².